The zero-order chi connectivity index (χ0) is 29.1. The predicted molar refractivity (Wildman–Crippen MR) is 148 cm³/mol. The van der Waals surface area contributed by atoms with E-state index in [0.29, 0.717) is 43.6 Å². The summed E-state index contributed by atoms with van der Waals surface area (Å²) in [6, 6.07) is 6.44. The zero-order valence-electron chi connectivity index (χ0n) is 24.4. The number of hydrogen-bond acceptors (Lipinski definition) is 10. The van der Waals surface area contributed by atoms with Crippen molar-refractivity contribution in [1.82, 2.24) is 4.90 Å². The number of aliphatic hydroxyl groups excluding tert-OH is 1. The molecule has 0 aromatic heterocycles. The molecule has 1 saturated heterocycles. The summed E-state index contributed by atoms with van der Waals surface area (Å²) in [7, 11) is 4.94. The first-order chi connectivity index (χ1) is 19.6. The van der Waals surface area contributed by atoms with Crippen LogP contribution >= 0.6 is 0 Å². The van der Waals surface area contributed by atoms with Crippen LogP contribution in [0.3, 0.4) is 0 Å². The minimum absolute atomic E-state index is 0.130. The first-order valence-corrected chi connectivity index (χ1v) is 15.1. The van der Waals surface area contributed by atoms with Gasteiger partial charge in [-0.05, 0) is 43.9 Å². The van der Waals surface area contributed by atoms with Gasteiger partial charge in [0, 0.05) is 68.6 Å². The lowest BCUT2D eigenvalue weighted by molar-refractivity contribution is -0.318. The van der Waals surface area contributed by atoms with Gasteiger partial charge in [0.2, 0.25) is 0 Å². The fraction of sp³-hybridized carbons (Fsp3) is 0.774. The summed E-state index contributed by atoms with van der Waals surface area (Å²) < 4.78 is 24.6. The highest BCUT2D eigenvalue weighted by atomic mass is 16.5. The van der Waals surface area contributed by atoms with Crippen LogP contribution in [0.2, 0.25) is 0 Å². The molecule has 5 saturated carbocycles. The van der Waals surface area contributed by atoms with Crippen molar-refractivity contribution < 1.29 is 39.1 Å². The van der Waals surface area contributed by atoms with Gasteiger partial charge in [-0.2, -0.15) is 0 Å². The van der Waals surface area contributed by atoms with Gasteiger partial charge >= 0.3 is 5.97 Å². The number of nitrogen functional groups attached to an aromatic ring is 1. The fourth-order valence-electron chi connectivity index (χ4n) is 11.7. The van der Waals surface area contributed by atoms with Crippen molar-refractivity contribution in [2.75, 3.05) is 46.8 Å². The molecule has 10 nitrogen and oxygen atoms in total. The second kappa shape index (κ2) is 9.11. The number of carbonyl (C=O) groups excluding carboxylic acids is 1. The van der Waals surface area contributed by atoms with Gasteiger partial charge in [-0.25, -0.2) is 4.79 Å². The second-order valence-corrected chi connectivity index (χ2v) is 13.6. The van der Waals surface area contributed by atoms with Crippen LogP contribution in [-0.4, -0.2) is 109 Å². The standard InChI is InChI=1S/C31H44N2O8/c1-5-33-14-28(15-41-26(35)16-8-6-7-9-19(16)32)11-10-21(39-3)30-18-12-17-20(38-2)13-29(36,22(18)23(17)34)31(37,27(30)33)25(40-4)24(28)30/h6-9,17-18,20-25,27,34,36-37H,5,10-15,32H2,1-4H3/t17-,18-,20+,21+,22-,23+,24-,25+,27?,28+,29-,30+,31-/m1/s1. The molecule has 6 fully saturated rings. The highest BCUT2D eigenvalue weighted by Crippen LogP contribution is 2.80. The molecule has 1 unspecified atom stereocenters. The van der Waals surface area contributed by atoms with Crippen LogP contribution in [0, 0.1) is 34.5 Å². The molecular formula is C31H44N2O8. The Balaban J connectivity index is 1.40. The van der Waals surface area contributed by atoms with E-state index in [0.717, 1.165) is 0 Å². The molecule has 7 bridgehead atoms. The van der Waals surface area contributed by atoms with Crippen molar-refractivity contribution in [2.45, 2.75) is 74.3 Å². The minimum atomic E-state index is -1.70. The zero-order valence-corrected chi connectivity index (χ0v) is 24.4. The number of esters is 1. The molecule has 1 aromatic carbocycles. The molecule has 1 aromatic rings. The van der Waals surface area contributed by atoms with E-state index >= 15 is 0 Å². The second-order valence-electron chi connectivity index (χ2n) is 13.6. The van der Waals surface area contributed by atoms with Gasteiger partial charge in [0.1, 0.15) is 11.2 Å². The number of nitrogens with zero attached hydrogens (tertiary/aromatic N) is 1. The first kappa shape index (κ1) is 28.0. The SMILES string of the molecule is CCN1C[C@]2(COC(=O)c3ccccc3N)CC[C@H](OC)[C@]34C1[C@](O)([C@@H](OC)[C@H]23)[C@@]1(O)C[C@H](OC)[C@H]2C[C@@H]4[C@@H]1[C@H]2O. The van der Waals surface area contributed by atoms with Crippen LogP contribution in [-0.2, 0) is 18.9 Å². The van der Waals surface area contributed by atoms with Crippen LogP contribution in [0.4, 0.5) is 5.69 Å². The maximum Gasteiger partial charge on any atom is 0.340 e. The lowest BCUT2D eigenvalue weighted by Gasteiger charge is -2.70. The molecule has 0 radical (unpaired) electrons. The third-order valence-corrected chi connectivity index (χ3v) is 12.7. The Bertz CT molecular complexity index is 1230. The number of rotatable bonds is 7. The number of carbonyl (C=O) groups is 1. The Hall–Kier alpha value is -1.79. The maximum absolute atomic E-state index is 13.3. The van der Waals surface area contributed by atoms with Crippen LogP contribution in [0.25, 0.3) is 0 Å². The molecule has 13 atom stereocenters. The molecule has 5 aliphatic carbocycles. The number of nitrogens with two attached hydrogens (primary N) is 1. The van der Waals surface area contributed by atoms with E-state index in [1.807, 2.05) is 0 Å². The van der Waals surface area contributed by atoms with Crippen molar-refractivity contribution in [3.63, 3.8) is 0 Å². The Morgan fingerprint density at radius 2 is 1.90 bits per heavy atom. The van der Waals surface area contributed by atoms with Gasteiger partial charge in [0.05, 0.1) is 42.6 Å². The van der Waals surface area contributed by atoms with Gasteiger partial charge in [-0.3, -0.25) is 4.90 Å². The molecule has 1 aliphatic heterocycles. The third kappa shape index (κ3) is 3.05. The van der Waals surface area contributed by atoms with E-state index in [4.69, 9.17) is 24.7 Å². The average molecular weight is 573 g/mol. The smallest absolute Gasteiger partial charge is 0.340 e. The molecule has 226 valence electrons. The van der Waals surface area contributed by atoms with E-state index in [1.165, 1.54) is 0 Å². The van der Waals surface area contributed by atoms with E-state index in [1.54, 1.807) is 45.6 Å². The number of likely N-dealkylation sites (tertiary alicyclic amines) is 1. The largest absolute Gasteiger partial charge is 0.461 e. The Morgan fingerprint density at radius 3 is 2.56 bits per heavy atom. The van der Waals surface area contributed by atoms with Gasteiger partial charge < -0.3 is 40.0 Å². The van der Waals surface area contributed by atoms with Crippen LogP contribution in [0.5, 0.6) is 0 Å². The van der Waals surface area contributed by atoms with Gasteiger partial charge in [0.15, 0.2) is 0 Å². The van der Waals surface area contributed by atoms with Gasteiger partial charge in [-0.1, -0.05) is 19.1 Å². The monoisotopic (exact) mass is 572 g/mol. The lowest BCUT2D eigenvalue weighted by Crippen LogP contribution is -2.82. The van der Waals surface area contributed by atoms with Crippen molar-refractivity contribution in [2.24, 2.45) is 34.5 Å². The molecule has 1 spiro atoms. The molecule has 6 aliphatic rings. The molecule has 7 rings (SSSR count). The third-order valence-electron chi connectivity index (χ3n) is 12.7. The Labute approximate surface area is 241 Å². The van der Waals surface area contributed by atoms with E-state index in [2.05, 4.69) is 11.8 Å². The summed E-state index contributed by atoms with van der Waals surface area (Å²) in [6.45, 7) is 3.41. The number of methoxy groups -OCH3 is 3. The molecule has 41 heavy (non-hydrogen) atoms. The molecule has 10 heteroatoms. The van der Waals surface area contributed by atoms with Crippen molar-refractivity contribution in [3.8, 4) is 0 Å². The normalized spacial score (nSPS) is 51.0. The van der Waals surface area contributed by atoms with Crippen molar-refractivity contribution in [3.05, 3.63) is 29.8 Å². The summed E-state index contributed by atoms with van der Waals surface area (Å²) in [4.78, 5) is 15.6. The summed E-state index contributed by atoms with van der Waals surface area (Å²) in [5.41, 5.74) is 2.26. The Morgan fingerprint density at radius 1 is 1.15 bits per heavy atom. The minimum Gasteiger partial charge on any atom is -0.461 e. The number of para-hydroxylation sites is 1. The number of likely N-dealkylation sites (N-methyl/N-ethyl adjacent to an activating group) is 1. The number of aliphatic hydroxyl groups is 3. The quantitative estimate of drug-likeness (QED) is 0.277. The predicted octanol–water partition coefficient (Wildman–Crippen LogP) is 1.06. The lowest BCUT2D eigenvalue weighted by atomic mass is 9.42. The number of anilines is 1. The Kier molecular flexibility index (Phi) is 6.22. The summed E-state index contributed by atoms with van der Waals surface area (Å²) in [6.07, 6.45) is 0.133. The van der Waals surface area contributed by atoms with E-state index in [-0.39, 0.29) is 43.0 Å². The number of fused-ring (bicyclic) bond motifs is 2. The van der Waals surface area contributed by atoms with E-state index < -0.39 is 52.2 Å². The van der Waals surface area contributed by atoms with Crippen molar-refractivity contribution in [1.29, 1.82) is 0 Å². The topological polar surface area (TPSA) is 144 Å². The molecular weight excluding hydrogens is 528 g/mol. The van der Waals surface area contributed by atoms with Crippen LogP contribution < -0.4 is 5.73 Å². The summed E-state index contributed by atoms with van der Waals surface area (Å²) in [5.74, 6) is -1.57. The maximum atomic E-state index is 13.3. The average Bonchev–Trinajstić information content (AvgIpc) is 3.33. The molecule has 0 amide bonds. The highest BCUT2D eigenvalue weighted by Gasteiger charge is 2.91. The van der Waals surface area contributed by atoms with Crippen molar-refractivity contribution >= 4 is 11.7 Å². The van der Waals surface area contributed by atoms with Gasteiger partial charge in [-0.15, -0.1) is 0 Å². The number of piperidine rings is 1. The first-order valence-electron chi connectivity index (χ1n) is 15.1. The fourth-order valence-corrected chi connectivity index (χ4v) is 11.7. The number of ether oxygens (including phenoxy) is 4. The molecule has 1 heterocycles. The van der Waals surface area contributed by atoms with Gasteiger partial charge in [0.25, 0.3) is 0 Å². The van der Waals surface area contributed by atoms with Crippen LogP contribution in [0.15, 0.2) is 24.3 Å². The summed E-state index contributed by atoms with van der Waals surface area (Å²) in [5, 5.41) is 37.7. The van der Waals surface area contributed by atoms with Crippen LogP contribution in [0.1, 0.15) is 43.0 Å². The number of hydrogen-bond donors (Lipinski definition) is 4. The van der Waals surface area contributed by atoms with E-state index in [9.17, 15) is 20.1 Å². The number of benzene rings is 1. The highest BCUT2D eigenvalue weighted by molar-refractivity contribution is 5.95. The summed E-state index contributed by atoms with van der Waals surface area (Å²) >= 11 is 0. The molecule has 5 N–H and O–H groups in total.